The van der Waals surface area contributed by atoms with Gasteiger partial charge in [-0.2, -0.15) is 0 Å². The Morgan fingerprint density at radius 3 is 3.00 bits per heavy atom. The van der Waals surface area contributed by atoms with Gasteiger partial charge in [-0.25, -0.2) is 4.98 Å². The lowest BCUT2D eigenvalue weighted by atomic mass is 10.2. The van der Waals surface area contributed by atoms with Crippen molar-refractivity contribution in [2.75, 3.05) is 18.0 Å². The molecule has 0 spiro atoms. The van der Waals surface area contributed by atoms with Gasteiger partial charge in [0.25, 0.3) is 0 Å². The van der Waals surface area contributed by atoms with E-state index in [1.807, 2.05) is 25.1 Å². The molecule has 0 atom stereocenters. The van der Waals surface area contributed by atoms with E-state index < -0.39 is 0 Å². The van der Waals surface area contributed by atoms with Crippen LogP contribution in [0, 0.1) is 0 Å². The average molecular weight is 262 g/mol. The number of carbonyl (C=O) groups is 1. The van der Waals surface area contributed by atoms with Crippen LogP contribution in [-0.2, 0) is 9.53 Å². The molecule has 0 radical (unpaired) electrons. The monoisotopic (exact) mass is 262 g/mol. The molecule has 0 aliphatic carbocycles. The molecule has 0 bridgehead atoms. The number of aromatic nitrogens is 1. The van der Waals surface area contributed by atoms with Gasteiger partial charge in [0.05, 0.1) is 23.3 Å². The number of esters is 1. The lowest BCUT2D eigenvalue weighted by molar-refractivity contribution is -0.149. The number of carbonyl (C=O) groups excluding carboxylic acids is 1. The molecule has 0 saturated carbocycles. The summed E-state index contributed by atoms with van der Waals surface area (Å²) in [6.07, 6.45) is 0.474. The first-order valence-electron chi connectivity index (χ1n) is 6.06. The molecule has 0 N–H and O–H groups in total. The molecule has 1 aliphatic heterocycles. The second kappa shape index (κ2) is 4.57. The molecule has 1 fully saturated rings. The Labute approximate surface area is 109 Å². The molecule has 18 heavy (non-hydrogen) atoms. The summed E-state index contributed by atoms with van der Waals surface area (Å²) in [4.78, 5) is 17.9. The van der Waals surface area contributed by atoms with E-state index in [9.17, 15) is 4.79 Å². The largest absolute Gasteiger partial charge is 0.459 e. The maximum absolute atomic E-state index is 11.1. The minimum Gasteiger partial charge on any atom is -0.459 e. The number of nitrogens with zero attached hydrogens (tertiary/aromatic N) is 2. The predicted molar refractivity (Wildman–Crippen MR) is 72.0 cm³/mol. The quantitative estimate of drug-likeness (QED) is 0.797. The summed E-state index contributed by atoms with van der Waals surface area (Å²) in [6, 6.07) is 8.11. The van der Waals surface area contributed by atoms with Gasteiger partial charge < -0.3 is 9.64 Å². The van der Waals surface area contributed by atoms with Crippen LogP contribution in [0.15, 0.2) is 24.3 Å². The Morgan fingerprint density at radius 2 is 2.28 bits per heavy atom. The average Bonchev–Trinajstić information content (AvgIpc) is 2.75. The normalized spacial score (nSPS) is 15.7. The van der Waals surface area contributed by atoms with Gasteiger partial charge in [0.15, 0.2) is 5.13 Å². The predicted octanol–water partition coefficient (Wildman–Crippen LogP) is 2.44. The zero-order valence-corrected chi connectivity index (χ0v) is 10.9. The highest BCUT2D eigenvalue weighted by Crippen LogP contribution is 2.31. The maximum atomic E-state index is 11.1. The van der Waals surface area contributed by atoms with E-state index in [0.717, 1.165) is 23.7 Å². The molecular formula is C13H14N2O2S. The summed E-state index contributed by atoms with van der Waals surface area (Å²) in [6.45, 7) is 3.32. The second-order valence-corrected chi connectivity index (χ2v) is 5.34. The van der Waals surface area contributed by atoms with Gasteiger partial charge in [-0.3, -0.25) is 4.79 Å². The smallest absolute Gasteiger partial charge is 0.305 e. The molecular weight excluding hydrogens is 248 g/mol. The van der Waals surface area contributed by atoms with Crippen LogP contribution in [0.25, 0.3) is 10.2 Å². The molecule has 2 aromatic rings. The molecule has 3 rings (SSSR count). The highest BCUT2D eigenvalue weighted by atomic mass is 32.1. The van der Waals surface area contributed by atoms with Crippen LogP contribution in [0.4, 0.5) is 5.13 Å². The number of thiazole rings is 1. The molecule has 5 heteroatoms. The first kappa shape index (κ1) is 11.5. The summed E-state index contributed by atoms with van der Waals surface area (Å²) in [7, 11) is 0. The van der Waals surface area contributed by atoms with Gasteiger partial charge in [0.1, 0.15) is 6.10 Å². The molecule has 1 aliphatic rings. The van der Waals surface area contributed by atoms with Crippen LogP contribution in [0.1, 0.15) is 13.3 Å². The van der Waals surface area contributed by atoms with Crippen molar-refractivity contribution in [3.8, 4) is 0 Å². The third-order valence-electron chi connectivity index (χ3n) is 2.99. The number of ether oxygens (including phenoxy) is 1. The number of para-hydroxylation sites is 1. The van der Waals surface area contributed by atoms with Crippen molar-refractivity contribution < 1.29 is 9.53 Å². The molecule has 2 heterocycles. The molecule has 1 saturated heterocycles. The minimum atomic E-state index is -0.121. The van der Waals surface area contributed by atoms with Gasteiger partial charge in [-0.05, 0) is 12.1 Å². The summed E-state index contributed by atoms with van der Waals surface area (Å²) >= 11 is 1.68. The van der Waals surface area contributed by atoms with Crippen LogP contribution in [0.5, 0.6) is 0 Å². The highest BCUT2D eigenvalue weighted by molar-refractivity contribution is 7.22. The fraction of sp³-hybridized carbons (Fsp3) is 0.385. The van der Waals surface area contributed by atoms with Crippen LogP contribution < -0.4 is 4.90 Å². The summed E-state index contributed by atoms with van der Waals surface area (Å²) in [5.74, 6) is -0.121. The van der Waals surface area contributed by atoms with E-state index in [4.69, 9.17) is 4.74 Å². The van der Waals surface area contributed by atoms with Crippen LogP contribution in [-0.4, -0.2) is 30.1 Å². The van der Waals surface area contributed by atoms with Crippen molar-refractivity contribution in [2.45, 2.75) is 19.4 Å². The number of hydrogen-bond acceptors (Lipinski definition) is 5. The van der Waals surface area contributed by atoms with Gasteiger partial charge in [-0.1, -0.05) is 30.4 Å². The number of benzene rings is 1. The van der Waals surface area contributed by atoms with Crippen molar-refractivity contribution in [1.29, 1.82) is 0 Å². The van der Waals surface area contributed by atoms with Gasteiger partial charge in [0, 0.05) is 6.42 Å². The van der Waals surface area contributed by atoms with Crippen molar-refractivity contribution in [3.05, 3.63) is 24.3 Å². The van der Waals surface area contributed by atoms with E-state index in [1.165, 1.54) is 4.70 Å². The first-order valence-corrected chi connectivity index (χ1v) is 6.88. The molecule has 4 nitrogen and oxygen atoms in total. The lowest BCUT2D eigenvalue weighted by Gasteiger charge is -2.38. The number of fused-ring (bicyclic) bond motifs is 1. The third-order valence-corrected chi connectivity index (χ3v) is 4.09. The lowest BCUT2D eigenvalue weighted by Crippen LogP contribution is -2.53. The fourth-order valence-corrected chi connectivity index (χ4v) is 2.92. The first-order chi connectivity index (χ1) is 8.76. The minimum absolute atomic E-state index is 0.0319. The third kappa shape index (κ3) is 2.06. The Bertz CT molecular complexity index is 542. The van der Waals surface area contributed by atoms with E-state index in [0.29, 0.717) is 6.42 Å². The Hall–Kier alpha value is -1.62. The van der Waals surface area contributed by atoms with Crippen LogP contribution in [0.2, 0.25) is 0 Å². The maximum Gasteiger partial charge on any atom is 0.305 e. The van der Waals surface area contributed by atoms with E-state index in [-0.39, 0.29) is 12.1 Å². The summed E-state index contributed by atoms with van der Waals surface area (Å²) in [5.41, 5.74) is 1.03. The SMILES string of the molecule is CCC(=O)OC1CN(c2nc3ccccc3s2)C1. The fourth-order valence-electron chi connectivity index (χ4n) is 1.93. The van der Waals surface area contributed by atoms with E-state index in [1.54, 1.807) is 11.3 Å². The van der Waals surface area contributed by atoms with Crippen LogP contribution in [0.3, 0.4) is 0 Å². The van der Waals surface area contributed by atoms with Gasteiger partial charge in [0.2, 0.25) is 0 Å². The zero-order valence-electron chi connectivity index (χ0n) is 10.1. The van der Waals surface area contributed by atoms with Gasteiger partial charge in [-0.15, -0.1) is 0 Å². The van der Waals surface area contributed by atoms with E-state index >= 15 is 0 Å². The molecule has 1 aromatic carbocycles. The van der Waals surface area contributed by atoms with Crippen molar-refractivity contribution in [3.63, 3.8) is 0 Å². The second-order valence-electron chi connectivity index (χ2n) is 4.33. The Morgan fingerprint density at radius 1 is 1.50 bits per heavy atom. The number of anilines is 1. The van der Waals surface area contributed by atoms with Crippen molar-refractivity contribution in [1.82, 2.24) is 4.98 Å². The Balaban J connectivity index is 1.66. The molecule has 0 amide bonds. The summed E-state index contributed by atoms with van der Waals surface area (Å²) in [5, 5.41) is 1.01. The van der Waals surface area contributed by atoms with Gasteiger partial charge >= 0.3 is 5.97 Å². The number of hydrogen-bond donors (Lipinski definition) is 0. The Kier molecular flexibility index (Phi) is 2.91. The summed E-state index contributed by atoms with van der Waals surface area (Å²) < 4.78 is 6.45. The zero-order chi connectivity index (χ0) is 12.5. The van der Waals surface area contributed by atoms with Crippen molar-refractivity contribution >= 4 is 32.7 Å². The standard InChI is InChI=1S/C13H14N2O2S/c1-2-12(16)17-9-7-15(8-9)13-14-10-5-3-4-6-11(10)18-13/h3-6,9H,2,7-8H2,1H3. The molecule has 0 unspecified atom stereocenters. The number of rotatable bonds is 3. The van der Waals surface area contributed by atoms with Crippen LogP contribution >= 0.6 is 11.3 Å². The molecule has 1 aromatic heterocycles. The van der Waals surface area contributed by atoms with E-state index in [2.05, 4.69) is 16.0 Å². The topological polar surface area (TPSA) is 42.4 Å². The highest BCUT2D eigenvalue weighted by Gasteiger charge is 2.31. The van der Waals surface area contributed by atoms with Crippen molar-refractivity contribution in [2.24, 2.45) is 0 Å². The molecule has 94 valence electrons.